The molecule has 118 valence electrons. The van der Waals surface area contributed by atoms with Crippen molar-refractivity contribution in [1.82, 2.24) is 4.98 Å². The van der Waals surface area contributed by atoms with Crippen LogP contribution in [0.15, 0.2) is 23.6 Å². The quantitative estimate of drug-likeness (QED) is 0.822. The SMILES string of the molecule is CCCOc1ccc(NC(=O)c2csc(CCN)n2)c(C)c1. The fourth-order valence-electron chi connectivity index (χ4n) is 1.93. The van der Waals surface area contributed by atoms with E-state index < -0.39 is 0 Å². The molecule has 0 saturated heterocycles. The first kappa shape index (κ1) is 16.5. The van der Waals surface area contributed by atoms with Crippen molar-refractivity contribution in [1.29, 1.82) is 0 Å². The average Bonchev–Trinajstić information content (AvgIpc) is 2.97. The Morgan fingerprint density at radius 2 is 2.27 bits per heavy atom. The van der Waals surface area contributed by atoms with E-state index in [0.29, 0.717) is 25.3 Å². The topological polar surface area (TPSA) is 77.2 Å². The highest BCUT2D eigenvalue weighted by atomic mass is 32.1. The van der Waals surface area contributed by atoms with Gasteiger partial charge in [0.05, 0.1) is 11.6 Å². The molecule has 0 aliphatic carbocycles. The van der Waals surface area contributed by atoms with Gasteiger partial charge >= 0.3 is 0 Å². The first-order valence-electron chi connectivity index (χ1n) is 7.33. The van der Waals surface area contributed by atoms with Crippen LogP contribution in [0, 0.1) is 6.92 Å². The number of aryl methyl sites for hydroxylation is 1. The second kappa shape index (κ2) is 7.91. The van der Waals surface area contributed by atoms with Crippen LogP contribution in [0.5, 0.6) is 5.75 Å². The number of nitrogens with zero attached hydrogens (tertiary/aromatic N) is 1. The van der Waals surface area contributed by atoms with Crippen LogP contribution >= 0.6 is 11.3 Å². The van der Waals surface area contributed by atoms with Crippen LogP contribution in [0.2, 0.25) is 0 Å². The van der Waals surface area contributed by atoms with Crippen LogP contribution in [0.1, 0.15) is 34.4 Å². The Labute approximate surface area is 134 Å². The second-order valence-corrected chi connectivity index (χ2v) is 5.89. The molecule has 2 rings (SSSR count). The van der Waals surface area contributed by atoms with E-state index in [-0.39, 0.29) is 5.91 Å². The van der Waals surface area contributed by atoms with Crippen molar-refractivity contribution < 1.29 is 9.53 Å². The molecule has 1 aromatic carbocycles. The van der Waals surface area contributed by atoms with Crippen LogP contribution in [0.25, 0.3) is 0 Å². The first-order valence-corrected chi connectivity index (χ1v) is 8.21. The number of nitrogens with one attached hydrogen (secondary N) is 1. The molecule has 1 aromatic heterocycles. The Morgan fingerprint density at radius 1 is 1.45 bits per heavy atom. The fourth-order valence-corrected chi connectivity index (χ4v) is 2.72. The number of rotatable bonds is 7. The Bertz CT molecular complexity index is 640. The number of anilines is 1. The van der Waals surface area contributed by atoms with Gasteiger partial charge in [0.15, 0.2) is 0 Å². The molecule has 1 amide bonds. The van der Waals surface area contributed by atoms with E-state index >= 15 is 0 Å². The molecule has 22 heavy (non-hydrogen) atoms. The molecule has 0 saturated carbocycles. The summed E-state index contributed by atoms with van der Waals surface area (Å²) in [6, 6.07) is 5.64. The molecule has 3 N–H and O–H groups in total. The highest BCUT2D eigenvalue weighted by molar-refractivity contribution is 7.09. The van der Waals surface area contributed by atoms with Crippen molar-refractivity contribution in [3.8, 4) is 5.75 Å². The smallest absolute Gasteiger partial charge is 0.275 e. The zero-order chi connectivity index (χ0) is 15.9. The van der Waals surface area contributed by atoms with Crippen molar-refractivity contribution in [2.24, 2.45) is 5.73 Å². The van der Waals surface area contributed by atoms with Crippen molar-refractivity contribution in [2.75, 3.05) is 18.5 Å². The molecule has 6 heteroatoms. The summed E-state index contributed by atoms with van der Waals surface area (Å²) in [5.41, 5.74) is 7.65. The van der Waals surface area contributed by atoms with Gasteiger partial charge < -0.3 is 15.8 Å². The third kappa shape index (κ3) is 4.29. The van der Waals surface area contributed by atoms with Crippen molar-refractivity contribution >= 4 is 22.9 Å². The minimum Gasteiger partial charge on any atom is -0.494 e. The monoisotopic (exact) mass is 319 g/mol. The van der Waals surface area contributed by atoms with Gasteiger partial charge in [0, 0.05) is 17.5 Å². The van der Waals surface area contributed by atoms with E-state index in [1.807, 2.05) is 25.1 Å². The van der Waals surface area contributed by atoms with Gasteiger partial charge in [-0.15, -0.1) is 11.3 Å². The Hall–Kier alpha value is -1.92. The number of carbonyl (C=O) groups excluding carboxylic acids is 1. The lowest BCUT2D eigenvalue weighted by atomic mass is 10.2. The lowest BCUT2D eigenvalue weighted by molar-refractivity contribution is 0.102. The minimum atomic E-state index is -0.204. The lowest BCUT2D eigenvalue weighted by Crippen LogP contribution is -2.13. The number of amides is 1. The molecule has 1 heterocycles. The van der Waals surface area contributed by atoms with Gasteiger partial charge in [-0.3, -0.25) is 4.79 Å². The highest BCUT2D eigenvalue weighted by Crippen LogP contribution is 2.22. The van der Waals surface area contributed by atoms with Gasteiger partial charge in [-0.2, -0.15) is 0 Å². The van der Waals surface area contributed by atoms with Crippen LogP contribution in [-0.2, 0) is 6.42 Å². The number of carbonyl (C=O) groups is 1. The van der Waals surface area contributed by atoms with Crippen molar-refractivity contribution in [3.63, 3.8) is 0 Å². The first-order chi connectivity index (χ1) is 10.6. The number of ether oxygens (including phenoxy) is 1. The van der Waals surface area contributed by atoms with E-state index in [0.717, 1.165) is 28.4 Å². The fraction of sp³-hybridized carbons (Fsp3) is 0.375. The summed E-state index contributed by atoms with van der Waals surface area (Å²) in [6.07, 6.45) is 1.66. The molecule has 0 atom stereocenters. The number of thiazole rings is 1. The molecular formula is C16H21N3O2S. The molecule has 5 nitrogen and oxygen atoms in total. The van der Waals surface area contributed by atoms with Gasteiger partial charge in [0.25, 0.3) is 5.91 Å². The van der Waals surface area contributed by atoms with Crippen LogP contribution in [0.3, 0.4) is 0 Å². The number of aromatic nitrogens is 1. The predicted molar refractivity (Wildman–Crippen MR) is 89.8 cm³/mol. The maximum atomic E-state index is 12.2. The number of nitrogens with two attached hydrogens (primary N) is 1. The van der Waals surface area contributed by atoms with E-state index in [1.54, 1.807) is 5.38 Å². The summed E-state index contributed by atoms with van der Waals surface area (Å²) < 4.78 is 5.58. The van der Waals surface area contributed by atoms with Gasteiger partial charge in [-0.05, 0) is 43.7 Å². The summed E-state index contributed by atoms with van der Waals surface area (Å²) in [5, 5.41) is 5.52. The minimum absolute atomic E-state index is 0.204. The lowest BCUT2D eigenvalue weighted by Gasteiger charge is -2.10. The molecule has 0 bridgehead atoms. The molecule has 0 aliphatic rings. The van der Waals surface area contributed by atoms with Gasteiger partial charge in [-0.25, -0.2) is 4.98 Å². The van der Waals surface area contributed by atoms with E-state index in [1.165, 1.54) is 11.3 Å². The van der Waals surface area contributed by atoms with E-state index in [2.05, 4.69) is 17.2 Å². The summed E-state index contributed by atoms with van der Waals surface area (Å²) in [5.74, 6) is 0.612. The van der Waals surface area contributed by atoms with Crippen molar-refractivity contribution in [3.05, 3.63) is 39.8 Å². The molecule has 0 aliphatic heterocycles. The van der Waals surface area contributed by atoms with Crippen LogP contribution in [0.4, 0.5) is 5.69 Å². The predicted octanol–water partition coefficient (Wildman–Crippen LogP) is 2.99. The standard InChI is InChI=1S/C16H21N3O2S/c1-3-8-21-12-4-5-13(11(2)9-12)19-16(20)14-10-22-15(18-14)6-7-17/h4-5,9-10H,3,6-8,17H2,1-2H3,(H,19,20). The summed E-state index contributed by atoms with van der Waals surface area (Å²) in [7, 11) is 0. The van der Waals surface area contributed by atoms with Crippen molar-refractivity contribution in [2.45, 2.75) is 26.7 Å². The van der Waals surface area contributed by atoms with Crippen LogP contribution in [-0.4, -0.2) is 24.0 Å². The van der Waals surface area contributed by atoms with Gasteiger partial charge in [0.2, 0.25) is 0 Å². The number of hydrogen-bond acceptors (Lipinski definition) is 5. The van der Waals surface area contributed by atoms with Gasteiger partial charge in [0.1, 0.15) is 11.4 Å². The molecule has 0 unspecified atom stereocenters. The maximum Gasteiger partial charge on any atom is 0.275 e. The molecule has 2 aromatic rings. The third-order valence-corrected chi connectivity index (χ3v) is 3.97. The number of hydrogen-bond donors (Lipinski definition) is 2. The number of benzene rings is 1. The molecule has 0 spiro atoms. The average molecular weight is 319 g/mol. The Morgan fingerprint density at radius 3 is 2.95 bits per heavy atom. The van der Waals surface area contributed by atoms with Gasteiger partial charge in [-0.1, -0.05) is 6.92 Å². The maximum absolute atomic E-state index is 12.2. The molecule has 0 radical (unpaired) electrons. The molecular weight excluding hydrogens is 298 g/mol. The summed E-state index contributed by atoms with van der Waals surface area (Å²) >= 11 is 1.46. The zero-order valence-electron chi connectivity index (χ0n) is 12.9. The Balaban J connectivity index is 2.04. The van der Waals surface area contributed by atoms with E-state index in [9.17, 15) is 4.79 Å². The summed E-state index contributed by atoms with van der Waals surface area (Å²) in [4.78, 5) is 16.5. The normalized spacial score (nSPS) is 10.5. The molecule has 0 fully saturated rings. The summed E-state index contributed by atoms with van der Waals surface area (Å²) in [6.45, 7) is 5.23. The largest absolute Gasteiger partial charge is 0.494 e. The zero-order valence-corrected chi connectivity index (χ0v) is 13.7. The third-order valence-electron chi connectivity index (χ3n) is 3.06. The second-order valence-electron chi connectivity index (χ2n) is 4.94. The Kier molecular flexibility index (Phi) is 5.91. The van der Waals surface area contributed by atoms with E-state index in [4.69, 9.17) is 10.5 Å². The highest BCUT2D eigenvalue weighted by Gasteiger charge is 2.12. The van der Waals surface area contributed by atoms with Crippen LogP contribution < -0.4 is 15.8 Å².